The molecule has 5 nitrogen and oxygen atoms in total. The van der Waals surface area contributed by atoms with Gasteiger partial charge in [0.25, 0.3) is 0 Å². The quantitative estimate of drug-likeness (QED) is 0.718. The highest BCUT2D eigenvalue weighted by molar-refractivity contribution is 5.96. The Balaban J connectivity index is 2.29. The molecule has 1 amide bonds. The predicted molar refractivity (Wildman–Crippen MR) is 54.0 cm³/mol. The number of hydrogen-bond acceptors (Lipinski definition) is 3. The van der Waals surface area contributed by atoms with Crippen LogP contribution >= 0.6 is 0 Å². The van der Waals surface area contributed by atoms with E-state index in [1.165, 1.54) is 29.2 Å². The summed E-state index contributed by atoms with van der Waals surface area (Å²) >= 11 is 0. The molecule has 2 aromatic rings. The summed E-state index contributed by atoms with van der Waals surface area (Å²) in [6.45, 7) is 0.0889. The molecule has 1 aromatic carbocycles. The van der Waals surface area contributed by atoms with Gasteiger partial charge in [-0.05, 0) is 18.2 Å². The maximum Gasteiger partial charge on any atom is 0.246 e. The molecule has 6 heteroatoms. The van der Waals surface area contributed by atoms with Gasteiger partial charge in [0.15, 0.2) is 5.82 Å². The molecular formula is C10H7FN4O. The molecule has 0 atom stereocenters. The molecule has 1 aliphatic heterocycles. The molecule has 16 heavy (non-hydrogen) atoms. The minimum Gasteiger partial charge on any atom is -0.324 e. The van der Waals surface area contributed by atoms with Gasteiger partial charge in [-0.2, -0.15) is 5.10 Å². The number of hydrogen-bond donors (Lipinski definition) is 1. The number of aromatic nitrogens is 3. The van der Waals surface area contributed by atoms with E-state index in [0.717, 1.165) is 0 Å². The number of rotatable bonds is 0. The summed E-state index contributed by atoms with van der Waals surface area (Å²) in [6.07, 6.45) is 1.35. The first-order chi connectivity index (χ1) is 7.74. The first-order valence-electron chi connectivity index (χ1n) is 4.71. The minimum atomic E-state index is -0.371. The second-order valence-corrected chi connectivity index (χ2v) is 3.48. The Bertz CT molecular complexity index is 578. The van der Waals surface area contributed by atoms with Crippen LogP contribution in [0.2, 0.25) is 0 Å². The third-order valence-corrected chi connectivity index (χ3v) is 2.41. The molecule has 1 aliphatic rings. The highest BCUT2D eigenvalue weighted by Crippen LogP contribution is 2.29. The van der Waals surface area contributed by atoms with Gasteiger partial charge in [-0.1, -0.05) is 0 Å². The zero-order valence-corrected chi connectivity index (χ0v) is 8.14. The first-order valence-corrected chi connectivity index (χ1v) is 4.71. The van der Waals surface area contributed by atoms with Crippen LogP contribution in [0.5, 0.6) is 0 Å². The molecule has 0 aliphatic carbocycles. The van der Waals surface area contributed by atoms with Gasteiger partial charge in [0.1, 0.15) is 18.7 Å². The third-order valence-electron chi connectivity index (χ3n) is 2.41. The number of benzene rings is 1. The van der Waals surface area contributed by atoms with Crippen LogP contribution in [0.4, 0.5) is 10.1 Å². The first kappa shape index (κ1) is 9.02. The topological polar surface area (TPSA) is 59.8 Å². The van der Waals surface area contributed by atoms with E-state index in [4.69, 9.17) is 0 Å². The Morgan fingerprint density at radius 3 is 3.19 bits per heavy atom. The van der Waals surface area contributed by atoms with Gasteiger partial charge >= 0.3 is 0 Å². The van der Waals surface area contributed by atoms with E-state index >= 15 is 0 Å². The predicted octanol–water partition coefficient (Wildman–Crippen LogP) is 1.04. The van der Waals surface area contributed by atoms with Crippen molar-refractivity contribution in [3.05, 3.63) is 30.3 Å². The minimum absolute atomic E-state index is 0.0889. The SMILES string of the molecule is O=C1Cn2ncnc2-c2cc(F)ccc2N1. The number of amides is 1. The maximum absolute atomic E-state index is 13.2. The van der Waals surface area contributed by atoms with E-state index in [-0.39, 0.29) is 18.3 Å². The van der Waals surface area contributed by atoms with Crippen LogP contribution in [-0.4, -0.2) is 20.7 Å². The van der Waals surface area contributed by atoms with Gasteiger partial charge in [-0.3, -0.25) is 4.79 Å². The van der Waals surface area contributed by atoms with Crippen LogP contribution in [0, 0.1) is 5.82 Å². The number of anilines is 1. The second kappa shape index (κ2) is 3.13. The summed E-state index contributed by atoms with van der Waals surface area (Å²) in [5, 5.41) is 6.59. The van der Waals surface area contributed by atoms with Crippen molar-refractivity contribution in [1.29, 1.82) is 0 Å². The Hall–Kier alpha value is -2.24. The van der Waals surface area contributed by atoms with Crippen LogP contribution in [0.15, 0.2) is 24.5 Å². The molecule has 0 fully saturated rings. The number of fused-ring (bicyclic) bond motifs is 3. The molecule has 80 valence electrons. The fourth-order valence-electron chi connectivity index (χ4n) is 1.72. The van der Waals surface area contributed by atoms with Crippen molar-refractivity contribution < 1.29 is 9.18 Å². The van der Waals surface area contributed by atoms with E-state index < -0.39 is 0 Å². The molecule has 1 N–H and O–H groups in total. The third kappa shape index (κ3) is 1.27. The molecule has 0 saturated carbocycles. The number of nitrogens with one attached hydrogen (secondary N) is 1. The van der Waals surface area contributed by atoms with Crippen molar-refractivity contribution in [3.8, 4) is 11.4 Å². The number of carbonyl (C=O) groups excluding carboxylic acids is 1. The molecule has 0 saturated heterocycles. The summed E-state index contributed by atoms with van der Waals surface area (Å²) in [4.78, 5) is 15.5. The number of carbonyl (C=O) groups is 1. The molecule has 0 radical (unpaired) electrons. The Kier molecular flexibility index (Phi) is 1.76. The average molecular weight is 218 g/mol. The number of nitrogens with zero attached hydrogens (tertiary/aromatic N) is 3. The van der Waals surface area contributed by atoms with Crippen molar-refractivity contribution in [1.82, 2.24) is 14.8 Å². The van der Waals surface area contributed by atoms with Crippen LogP contribution in [0.25, 0.3) is 11.4 Å². The molecule has 0 spiro atoms. The smallest absolute Gasteiger partial charge is 0.246 e. The van der Waals surface area contributed by atoms with Crippen molar-refractivity contribution in [2.75, 3.05) is 5.32 Å². The van der Waals surface area contributed by atoms with Crippen LogP contribution < -0.4 is 5.32 Å². The lowest BCUT2D eigenvalue weighted by Crippen LogP contribution is -2.17. The van der Waals surface area contributed by atoms with E-state index in [1.807, 2.05) is 0 Å². The maximum atomic E-state index is 13.2. The zero-order chi connectivity index (χ0) is 11.1. The normalized spacial score (nSPS) is 13.7. The molecule has 1 aromatic heterocycles. The molecular weight excluding hydrogens is 211 g/mol. The molecule has 0 bridgehead atoms. The summed E-state index contributed by atoms with van der Waals surface area (Å²) in [5.41, 5.74) is 1.10. The van der Waals surface area contributed by atoms with Crippen molar-refractivity contribution >= 4 is 11.6 Å². The molecule has 3 rings (SSSR count). The fourth-order valence-corrected chi connectivity index (χ4v) is 1.72. The standard InChI is InChI=1S/C10H7FN4O/c11-6-1-2-8-7(3-6)10-12-5-13-15(10)4-9(16)14-8/h1-3,5H,4H2,(H,14,16). The van der Waals surface area contributed by atoms with Gasteiger partial charge in [0, 0.05) is 5.56 Å². The van der Waals surface area contributed by atoms with Crippen LogP contribution in [0.3, 0.4) is 0 Å². The van der Waals surface area contributed by atoms with E-state index in [0.29, 0.717) is 17.1 Å². The molecule has 2 heterocycles. The van der Waals surface area contributed by atoms with Crippen molar-refractivity contribution in [3.63, 3.8) is 0 Å². The Morgan fingerprint density at radius 2 is 2.31 bits per heavy atom. The zero-order valence-electron chi connectivity index (χ0n) is 8.14. The van der Waals surface area contributed by atoms with Gasteiger partial charge in [0.2, 0.25) is 5.91 Å². The van der Waals surface area contributed by atoms with Crippen molar-refractivity contribution in [2.24, 2.45) is 0 Å². The summed E-state index contributed by atoms with van der Waals surface area (Å²) in [5.74, 6) is -0.0746. The Morgan fingerprint density at radius 1 is 1.44 bits per heavy atom. The monoisotopic (exact) mass is 218 g/mol. The van der Waals surface area contributed by atoms with Crippen LogP contribution in [0.1, 0.15) is 0 Å². The summed E-state index contributed by atoms with van der Waals surface area (Å²) in [6, 6.07) is 4.15. The van der Waals surface area contributed by atoms with Crippen LogP contribution in [-0.2, 0) is 11.3 Å². The Labute approximate surface area is 89.9 Å². The van der Waals surface area contributed by atoms with Gasteiger partial charge in [0.05, 0.1) is 5.69 Å². The van der Waals surface area contributed by atoms with E-state index in [9.17, 15) is 9.18 Å². The summed E-state index contributed by atoms with van der Waals surface area (Å²) in [7, 11) is 0. The lowest BCUT2D eigenvalue weighted by atomic mass is 10.1. The average Bonchev–Trinajstić information content (AvgIpc) is 2.64. The van der Waals surface area contributed by atoms with E-state index in [2.05, 4.69) is 15.4 Å². The van der Waals surface area contributed by atoms with Gasteiger partial charge in [-0.25, -0.2) is 14.1 Å². The van der Waals surface area contributed by atoms with Gasteiger partial charge in [-0.15, -0.1) is 0 Å². The lowest BCUT2D eigenvalue weighted by Gasteiger charge is -2.04. The van der Waals surface area contributed by atoms with E-state index in [1.54, 1.807) is 0 Å². The van der Waals surface area contributed by atoms with Gasteiger partial charge < -0.3 is 5.32 Å². The second-order valence-electron chi connectivity index (χ2n) is 3.48. The fraction of sp³-hybridized carbons (Fsp3) is 0.100. The number of halogens is 1. The highest BCUT2D eigenvalue weighted by Gasteiger charge is 2.20. The highest BCUT2D eigenvalue weighted by atomic mass is 19.1. The van der Waals surface area contributed by atoms with Crippen molar-refractivity contribution in [2.45, 2.75) is 6.54 Å². The lowest BCUT2D eigenvalue weighted by molar-refractivity contribution is -0.116. The molecule has 0 unspecified atom stereocenters. The summed E-state index contributed by atoms with van der Waals surface area (Å²) < 4.78 is 14.6. The largest absolute Gasteiger partial charge is 0.324 e.